The number of aliphatic hydroxyl groups is 1. The van der Waals surface area contributed by atoms with Gasteiger partial charge in [-0.15, -0.1) is 0 Å². The monoisotopic (exact) mass is 349 g/mol. The maximum Gasteiger partial charge on any atom is 1.00 e. The second-order valence-electron chi connectivity index (χ2n) is 4.20. The van der Waals surface area contributed by atoms with Crippen LogP contribution in [0.2, 0.25) is 0 Å². The molecule has 0 aliphatic heterocycles. The molecule has 0 saturated carbocycles. The Morgan fingerprint density at radius 3 is 2.47 bits per heavy atom. The molecular formula is C15H19O3Ru. The predicted octanol–water partition coefficient (Wildman–Crippen LogP) is 2.61. The molecule has 1 unspecified atom stereocenters. The minimum Gasteiger partial charge on any atom is -0.464 e. The van der Waals surface area contributed by atoms with E-state index in [1.807, 2.05) is 13.0 Å². The van der Waals surface area contributed by atoms with E-state index in [0.717, 1.165) is 5.57 Å². The van der Waals surface area contributed by atoms with Crippen molar-refractivity contribution in [2.24, 2.45) is 0 Å². The van der Waals surface area contributed by atoms with Crippen LogP contribution in [0.1, 0.15) is 25.8 Å². The van der Waals surface area contributed by atoms with Crippen molar-refractivity contribution in [3.63, 3.8) is 0 Å². The number of hydrogen-bond donors (Lipinski definition) is 1. The third-order valence-electron chi connectivity index (χ3n) is 2.61. The first kappa shape index (κ1) is 17.9. The summed E-state index contributed by atoms with van der Waals surface area (Å²) >= 11 is 0. The van der Waals surface area contributed by atoms with Crippen LogP contribution >= 0.6 is 0 Å². The van der Waals surface area contributed by atoms with E-state index in [1.165, 1.54) is 0 Å². The predicted molar refractivity (Wildman–Crippen MR) is 70.7 cm³/mol. The van der Waals surface area contributed by atoms with Gasteiger partial charge in [-0.25, -0.2) is 23.4 Å². The smallest absolute Gasteiger partial charge is 0.464 e. The summed E-state index contributed by atoms with van der Waals surface area (Å²) in [7, 11) is 0. The summed E-state index contributed by atoms with van der Waals surface area (Å²) in [4.78, 5) is 12.0. The van der Waals surface area contributed by atoms with Gasteiger partial charge in [0.25, 0.3) is 0 Å². The van der Waals surface area contributed by atoms with Gasteiger partial charge in [-0.1, -0.05) is 43.7 Å². The van der Waals surface area contributed by atoms with Crippen molar-refractivity contribution in [1.29, 1.82) is 0 Å². The third kappa shape index (κ3) is 4.81. The van der Waals surface area contributed by atoms with Gasteiger partial charge in [0, 0.05) is 0 Å². The quantitative estimate of drug-likeness (QED) is 0.488. The molecule has 0 aliphatic rings. The number of allylic oxidation sites excluding steroid dienone is 1. The zero-order chi connectivity index (χ0) is 13.6. The average Bonchev–Trinajstić information content (AvgIpc) is 2.37. The summed E-state index contributed by atoms with van der Waals surface area (Å²) in [5, 5.41) is 10.6. The molecule has 1 N–H and O–H groups in total. The first-order valence-electron chi connectivity index (χ1n) is 5.94. The van der Waals surface area contributed by atoms with Crippen molar-refractivity contribution in [2.75, 3.05) is 6.61 Å². The van der Waals surface area contributed by atoms with Crippen molar-refractivity contribution in [3.8, 4) is 0 Å². The molecule has 1 radical (unpaired) electrons. The molecule has 0 saturated heterocycles. The van der Waals surface area contributed by atoms with Crippen molar-refractivity contribution in [1.82, 2.24) is 0 Å². The topological polar surface area (TPSA) is 46.5 Å². The largest absolute Gasteiger partial charge is 1.00 e. The molecule has 1 rings (SSSR count). The van der Waals surface area contributed by atoms with E-state index >= 15 is 0 Å². The number of esters is 1. The van der Waals surface area contributed by atoms with Gasteiger partial charge in [-0.3, -0.25) is 0 Å². The van der Waals surface area contributed by atoms with E-state index in [4.69, 9.17) is 4.74 Å². The van der Waals surface area contributed by atoms with Gasteiger partial charge < -0.3 is 9.84 Å². The van der Waals surface area contributed by atoms with Crippen LogP contribution in [-0.2, 0) is 34.6 Å². The minimum absolute atomic E-state index is 0. The van der Waals surface area contributed by atoms with Crippen LogP contribution in [0.3, 0.4) is 0 Å². The van der Waals surface area contributed by atoms with Crippen LogP contribution in [0.25, 0.3) is 0 Å². The summed E-state index contributed by atoms with van der Waals surface area (Å²) in [6.45, 7) is 7.51. The van der Waals surface area contributed by atoms with Gasteiger partial charge in [0.05, 0.1) is 6.61 Å². The molecule has 0 aliphatic carbocycles. The number of carbonyl (C=O) groups excluding carboxylic acids is 1. The molecule has 105 valence electrons. The molecule has 0 bridgehead atoms. The SMILES string of the molecule is C=C(C)[CH-]CC(O)(C(=O)OCC)c1ccccc1.[Ru+]. The zero-order valence-corrected chi connectivity index (χ0v) is 12.9. The number of rotatable bonds is 6. The third-order valence-corrected chi connectivity index (χ3v) is 2.61. The molecule has 1 aromatic carbocycles. The minimum atomic E-state index is -1.64. The normalized spacial score (nSPS) is 12.8. The molecule has 0 spiro atoms. The molecule has 19 heavy (non-hydrogen) atoms. The van der Waals surface area contributed by atoms with E-state index in [1.54, 1.807) is 37.6 Å². The van der Waals surface area contributed by atoms with Crippen LogP contribution < -0.4 is 0 Å². The van der Waals surface area contributed by atoms with E-state index < -0.39 is 11.6 Å². The van der Waals surface area contributed by atoms with Gasteiger partial charge in [-0.05, 0) is 12.5 Å². The van der Waals surface area contributed by atoms with Crippen LogP contribution in [-0.4, -0.2) is 17.7 Å². The molecule has 0 amide bonds. The average molecular weight is 348 g/mol. The van der Waals surface area contributed by atoms with E-state index in [-0.39, 0.29) is 32.5 Å². The Morgan fingerprint density at radius 2 is 2.00 bits per heavy atom. The van der Waals surface area contributed by atoms with Crippen molar-refractivity contribution in [3.05, 3.63) is 54.5 Å². The molecule has 4 heteroatoms. The first-order valence-corrected chi connectivity index (χ1v) is 5.94. The fourth-order valence-electron chi connectivity index (χ4n) is 1.61. The van der Waals surface area contributed by atoms with Crippen molar-refractivity contribution >= 4 is 5.97 Å². The van der Waals surface area contributed by atoms with Crippen molar-refractivity contribution < 1.29 is 34.1 Å². The maximum absolute atomic E-state index is 12.0. The first-order chi connectivity index (χ1) is 8.50. The van der Waals surface area contributed by atoms with Crippen molar-refractivity contribution in [2.45, 2.75) is 25.9 Å². The number of ether oxygens (including phenoxy) is 1. The molecule has 0 heterocycles. The summed E-state index contributed by atoms with van der Waals surface area (Å²) in [6.07, 6.45) is 1.88. The second kappa shape index (κ2) is 8.13. The fourth-order valence-corrected chi connectivity index (χ4v) is 1.61. The summed E-state index contributed by atoms with van der Waals surface area (Å²) in [5.74, 6) is -0.631. The fraction of sp³-hybridized carbons (Fsp3) is 0.333. The Balaban J connectivity index is 0.00000324. The molecule has 3 nitrogen and oxygen atoms in total. The Bertz CT molecular complexity index is 417. The van der Waals surface area contributed by atoms with Gasteiger partial charge >= 0.3 is 25.4 Å². The zero-order valence-electron chi connectivity index (χ0n) is 11.2. The summed E-state index contributed by atoms with van der Waals surface area (Å²) in [5.41, 5.74) is -0.314. The number of carbonyl (C=O) groups is 1. The number of hydrogen-bond acceptors (Lipinski definition) is 3. The molecule has 1 aromatic rings. The van der Waals surface area contributed by atoms with E-state index in [2.05, 4.69) is 6.58 Å². The Labute approximate surface area is 127 Å². The van der Waals surface area contributed by atoms with Gasteiger partial charge in [-0.2, -0.15) is 0 Å². The van der Waals surface area contributed by atoms with Crippen LogP contribution in [0, 0.1) is 6.42 Å². The van der Waals surface area contributed by atoms with Crippen LogP contribution in [0.4, 0.5) is 0 Å². The Kier molecular flexibility index (Phi) is 7.66. The second-order valence-corrected chi connectivity index (χ2v) is 4.20. The van der Waals surface area contributed by atoms with Gasteiger partial charge in [0.15, 0.2) is 5.60 Å². The summed E-state index contributed by atoms with van der Waals surface area (Å²) in [6, 6.07) is 8.81. The van der Waals surface area contributed by atoms with E-state index in [9.17, 15) is 9.90 Å². The molecule has 0 fully saturated rings. The number of benzene rings is 1. The summed E-state index contributed by atoms with van der Waals surface area (Å²) < 4.78 is 4.96. The maximum atomic E-state index is 12.0. The molecular weight excluding hydrogens is 329 g/mol. The van der Waals surface area contributed by atoms with E-state index in [0.29, 0.717) is 5.56 Å². The van der Waals surface area contributed by atoms with Gasteiger partial charge in [0.2, 0.25) is 0 Å². The standard InChI is InChI=1S/C15H19O3.Ru/c1-4-18-14(16)15(17,11-10-12(2)3)13-8-6-5-7-9-13;/h5-10,17H,2,4,11H2,1,3H3;/q-1;+1. The van der Waals surface area contributed by atoms with Gasteiger partial charge in [0.1, 0.15) is 0 Å². The van der Waals surface area contributed by atoms with Crippen LogP contribution in [0.5, 0.6) is 0 Å². The Hall–Kier alpha value is -1.12. The molecule has 0 aromatic heterocycles. The van der Waals surface area contributed by atoms with Crippen LogP contribution in [0.15, 0.2) is 42.5 Å². The molecule has 1 atom stereocenters. The Morgan fingerprint density at radius 1 is 1.42 bits per heavy atom.